The average Bonchev–Trinajstić information content (AvgIpc) is 2.29. The molecule has 0 bridgehead atoms. The summed E-state index contributed by atoms with van der Waals surface area (Å²) in [5.41, 5.74) is 0. The van der Waals surface area contributed by atoms with E-state index in [0.717, 1.165) is 20.2 Å². The van der Waals surface area contributed by atoms with Crippen molar-refractivity contribution in [3.63, 3.8) is 0 Å². The molecule has 0 atom stereocenters. The van der Waals surface area contributed by atoms with E-state index < -0.39 is 0 Å². The number of benzene rings is 3. The van der Waals surface area contributed by atoms with Gasteiger partial charge in [-0.3, -0.25) is 0 Å². The van der Waals surface area contributed by atoms with Crippen molar-refractivity contribution in [2.75, 3.05) is 0 Å². The normalized spacial score (nSPS) is 9.83. The molecule has 0 aliphatic carbocycles. The Balaban J connectivity index is 0.000000810. The molecule has 0 saturated heterocycles. The molecular formula is C14H9Cl2OPd. The Labute approximate surface area is 128 Å². The van der Waals surface area contributed by atoms with Gasteiger partial charge in [0.15, 0.2) is 0 Å². The van der Waals surface area contributed by atoms with Crippen LogP contribution in [0.25, 0.3) is 21.5 Å². The first-order valence-corrected chi connectivity index (χ1v) is 5.81. The second-order valence-corrected chi connectivity index (χ2v) is 4.58. The van der Waals surface area contributed by atoms with Gasteiger partial charge in [-0.15, -0.1) is 0 Å². The summed E-state index contributed by atoms with van der Waals surface area (Å²) in [6, 6.07) is 15.9. The van der Waals surface area contributed by atoms with Crippen LogP contribution < -0.4 is 28.9 Å². The van der Waals surface area contributed by atoms with Crippen molar-refractivity contribution in [1.82, 2.24) is 0 Å². The van der Waals surface area contributed by atoms with Crippen molar-refractivity contribution in [1.29, 1.82) is 0 Å². The molecule has 0 radical (unpaired) electrons. The fourth-order valence-electron chi connectivity index (χ4n) is 2.07. The van der Waals surface area contributed by atoms with Crippen molar-refractivity contribution in [2.24, 2.45) is 0 Å². The van der Waals surface area contributed by atoms with Gasteiger partial charge in [-0.1, -0.05) is 0 Å². The van der Waals surface area contributed by atoms with E-state index in [1.807, 2.05) is 42.5 Å². The van der Waals surface area contributed by atoms with Crippen molar-refractivity contribution < 1.29 is 49.1 Å². The maximum Gasteiger partial charge on any atom is -1.00 e. The van der Waals surface area contributed by atoms with Gasteiger partial charge in [0.2, 0.25) is 0 Å². The molecule has 1 N–H and O–H groups in total. The van der Waals surface area contributed by atoms with Crippen LogP contribution in [0.5, 0.6) is 5.75 Å². The Morgan fingerprint density at radius 3 is 2.28 bits per heavy atom. The number of fused-ring (bicyclic) bond motifs is 3. The molecule has 3 aromatic rings. The summed E-state index contributed by atoms with van der Waals surface area (Å²) in [5.74, 6) is 0.330. The van der Waals surface area contributed by atoms with Crippen LogP contribution in [0.4, 0.5) is 0 Å². The first-order chi connectivity index (χ1) is 7.77. The minimum absolute atomic E-state index is 0. The minimum atomic E-state index is 0. The van der Waals surface area contributed by atoms with Crippen LogP contribution >= 0.6 is 0 Å². The Hall–Kier alpha value is -0.778. The number of hydrogen-bond acceptors (Lipinski definition) is 1. The molecule has 95 valence electrons. The van der Waals surface area contributed by atoms with Crippen molar-refractivity contribution in [2.45, 2.75) is 0 Å². The summed E-state index contributed by atoms with van der Waals surface area (Å²) in [6.07, 6.45) is 0. The number of phenolic OH excluding ortho intramolecular Hbond substituents is 1. The van der Waals surface area contributed by atoms with Gasteiger partial charge in [0.1, 0.15) is 0 Å². The number of aromatic hydroxyl groups is 1. The van der Waals surface area contributed by atoms with Crippen LogP contribution in [0, 0.1) is 0 Å². The zero-order valence-electron chi connectivity index (χ0n) is 9.14. The smallest absolute Gasteiger partial charge is 1.00 e. The van der Waals surface area contributed by atoms with E-state index in [9.17, 15) is 5.11 Å². The van der Waals surface area contributed by atoms with E-state index in [0.29, 0.717) is 5.75 Å². The third-order valence-corrected chi connectivity index (χ3v) is 3.43. The molecule has 0 fully saturated rings. The van der Waals surface area contributed by atoms with E-state index in [1.165, 1.54) is 5.39 Å². The number of halogens is 2. The Morgan fingerprint density at radius 2 is 1.50 bits per heavy atom. The van der Waals surface area contributed by atoms with E-state index in [4.69, 9.17) is 0 Å². The Bertz CT molecular complexity index is 698. The van der Waals surface area contributed by atoms with E-state index in [1.54, 1.807) is 0 Å². The van der Waals surface area contributed by atoms with Crippen LogP contribution in [-0.4, -0.2) is 5.11 Å². The number of rotatable bonds is 0. The second kappa shape index (κ2) is 5.91. The topological polar surface area (TPSA) is 20.2 Å². The molecule has 18 heavy (non-hydrogen) atoms. The molecule has 0 amide bonds. The van der Waals surface area contributed by atoms with Gasteiger partial charge in [0.05, 0.1) is 0 Å². The summed E-state index contributed by atoms with van der Waals surface area (Å²) >= 11 is 3.18. The number of phenols is 1. The Kier molecular flexibility index (Phi) is 5.02. The first-order valence-electron chi connectivity index (χ1n) is 5.03. The molecule has 0 aliphatic rings. The van der Waals surface area contributed by atoms with Gasteiger partial charge >= 0.3 is 104 Å². The fourth-order valence-corrected chi connectivity index (χ4v) is 2.63. The zero-order valence-corrected chi connectivity index (χ0v) is 12.2. The summed E-state index contributed by atoms with van der Waals surface area (Å²) in [4.78, 5) is 0. The average molecular weight is 371 g/mol. The predicted octanol–water partition coefficient (Wildman–Crippen LogP) is -3.12. The van der Waals surface area contributed by atoms with Gasteiger partial charge in [-0.05, 0) is 0 Å². The largest absolute Gasteiger partial charge is 1.00 e. The van der Waals surface area contributed by atoms with E-state index in [2.05, 4.69) is 25.3 Å². The molecule has 0 unspecified atom stereocenters. The molecule has 0 aromatic heterocycles. The third-order valence-electron chi connectivity index (χ3n) is 2.79. The van der Waals surface area contributed by atoms with Crippen LogP contribution in [-0.2, 0) is 19.2 Å². The van der Waals surface area contributed by atoms with E-state index >= 15 is 0 Å². The molecule has 0 aliphatic heterocycles. The molecule has 0 spiro atoms. The molecule has 3 aromatic carbocycles. The van der Waals surface area contributed by atoms with Gasteiger partial charge in [-0.25, -0.2) is 0 Å². The molecule has 0 heterocycles. The molecule has 3 rings (SSSR count). The quantitative estimate of drug-likeness (QED) is 0.328. The SMILES string of the molecule is Oc1cc2ccccc2c2ccc[c]([Pd+2])c12.[Cl-].[Cl-]. The fraction of sp³-hybridized carbons (Fsp3) is 0. The Morgan fingerprint density at radius 1 is 0.833 bits per heavy atom. The summed E-state index contributed by atoms with van der Waals surface area (Å²) in [6.45, 7) is 0. The summed E-state index contributed by atoms with van der Waals surface area (Å²) in [7, 11) is 0. The van der Waals surface area contributed by atoms with Crippen molar-refractivity contribution in [3.8, 4) is 5.75 Å². The van der Waals surface area contributed by atoms with Crippen LogP contribution in [0.15, 0.2) is 48.5 Å². The number of hydrogen-bond donors (Lipinski definition) is 1. The first kappa shape index (κ1) is 15.3. The maximum absolute atomic E-state index is 10.0. The van der Waals surface area contributed by atoms with Crippen LogP contribution in [0.2, 0.25) is 0 Å². The van der Waals surface area contributed by atoms with Gasteiger partial charge in [0.25, 0.3) is 0 Å². The van der Waals surface area contributed by atoms with Crippen molar-refractivity contribution >= 4 is 25.6 Å². The summed E-state index contributed by atoms with van der Waals surface area (Å²) in [5, 5.41) is 14.2. The van der Waals surface area contributed by atoms with E-state index in [-0.39, 0.29) is 24.8 Å². The molecular weight excluding hydrogens is 361 g/mol. The molecule has 1 nitrogen and oxygen atoms in total. The minimum Gasteiger partial charge on any atom is -1.00 e. The van der Waals surface area contributed by atoms with Crippen molar-refractivity contribution in [3.05, 3.63) is 48.5 Å². The third kappa shape index (κ3) is 2.35. The predicted molar refractivity (Wildman–Crippen MR) is 62.8 cm³/mol. The van der Waals surface area contributed by atoms with Gasteiger partial charge < -0.3 is 24.8 Å². The summed E-state index contributed by atoms with van der Waals surface area (Å²) < 4.78 is 0.962. The standard InChI is InChI=1S/C14H9O.2ClH.Pd/c15-14-9-10-5-1-2-6-11(10)12-7-3-4-8-13(12)14;;;/h1-7,9,15H;2*1H;/q;;;+2/p-2. The maximum atomic E-state index is 10.0. The molecule has 4 heteroatoms. The van der Waals surface area contributed by atoms with Gasteiger partial charge in [-0.2, -0.15) is 0 Å². The molecule has 0 saturated carbocycles. The monoisotopic (exact) mass is 369 g/mol. The second-order valence-electron chi connectivity index (χ2n) is 3.75. The van der Waals surface area contributed by atoms with Crippen LogP contribution in [0.3, 0.4) is 0 Å². The zero-order chi connectivity index (χ0) is 11.1. The van der Waals surface area contributed by atoms with Crippen LogP contribution in [0.1, 0.15) is 0 Å². The van der Waals surface area contributed by atoms with Gasteiger partial charge in [0, 0.05) is 0 Å².